The molecular weight excluding hydrogens is 344 g/mol. The van der Waals surface area contributed by atoms with E-state index in [1.807, 2.05) is 24.3 Å². The van der Waals surface area contributed by atoms with Crippen LogP contribution in [0.4, 0.5) is 5.69 Å². The number of nitrogens with two attached hydrogens (primary N) is 1. The highest BCUT2D eigenvalue weighted by molar-refractivity contribution is 7.99. The van der Waals surface area contributed by atoms with Crippen LogP contribution >= 0.6 is 11.8 Å². The summed E-state index contributed by atoms with van der Waals surface area (Å²) in [6, 6.07) is 20.6. The Morgan fingerprint density at radius 1 is 0.923 bits per heavy atom. The first-order valence-electron chi connectivity index (χ1n) is 8.29. The average molecular weight is 362 g/mol. The first-order valence-corrected chi connectivity index (χ1v) is 9.28. The smallest absolute Gasteiger partial charge is 0.208 e. The minimum Gasteiger partial charge on any atom is -0.399 e. The van der Waals surface area contributed by atoms with E-state index in [-0.39, 0.29) is 6.61 Å². The van der Waals surface area contributed by atoms with Gasteiger partial charge in [0.1, 0.15) is 0 Å². The van der Waals surface area contributed by atoms with E-state index in [2.05, 4.69) is 51.6 Å². The minimum atomic E-state index is 0.0962. The Hall–Kier alpha value is -2.83. The molecule has 0 aliphatic heterocycles. The number of H-pyrrole nitrogens is 1. The number of hydrogen-bond donors (Lipinski definition) is 3. The monoisotopic (exact) mass is 362 g/mol. The molecule has 0 amide bonds. The molecule has 130 valence electrons. The zero-order valence-corrected chi connectivity index (χ0v) is 14.8. The van der Waals surface area contributed by atoms with Crippen LogP contribution in [0, 0.1) is 0 Å². The Labute approximate surface area is 155 Å². The number of nitrogen functional groups attached to an aromatic ring is 1. The summed E-state index contributed by atoms with van der Waals surface area (Å²) in [7, 11) is 0. The lowest BCUT2D eigenvalue weighted by atomic mass is 9.99. The van der Waals surface area contributed by atoms with Gasteiger partial charge in [0.05, 0.1) is 6.61 Å². The van der Waals surface area contributed by atoms with Crippen molar-refractivity contribution in [3.63, 3.8) is 0 Å². The second kappa shape index (κ2) is 7.19. The van der Waals surface area contributed by atoms with Crippen molar-refractivity contribution in [1.29, 1.82) is 0 Å². The molecule has 5 nitrogen and oxygen atoms in total. The molecule has 6 heteroatoms. The maximum atomic E-state index is 8.92. The number of fused-ring (bicyclic) bond motifs is 1. The maximum Gasteiger partial charge on any atom is 0.208 e. The number of aliphatic hydroxyl groups excluding tert-OH is 1. The lowest BCUT2D eigenvalue weighted by Crippen LogP contribution is -1.90. The average Bonchev–Trinajstić information content (AvgIpc) is 3.14. The van der Waals surface area contributed by atoms with Crippen LogP contribution in [0.5, 0.6) is 0 Å². The van der Waals surface area contributed by atoms with Crippen LogP contribution in [-0.4, -0.2) is 32.6 Å². The summed E-state index contributed by atoms with van der Waals surface area (Å²) in [5, 5.41) is 19.1. The standard InChI is InChI=1S/C20H18N4OS/c21-18-11-16(15-6-5-13-3-1-2-4-14(13)9-15)10-17(12-18)19-22-20(24-23-19)26-8-7-25/h1-6,9-12,25H,7-8,21H2,(H,22,23,24). The summed E-state index contributed by atoms with van der Waals surface area (Å²) < 4.78 is 0. The molecular formula is C20H18N4OS. The molecule has 0 saturated carbocycles. The van der Waals surface area contributed by atoms with Gasteiger partial charge in [-0.15, -0.1) is 5.10 Å². The van der Waals surface area contributed by atoms with Crippen molar-refractivity contribution in [2.45, 2.75) is 5.16 Å². The Morgan fingerprint density at radius 3 is 2.58 bits per heavy atom. The lowest BCUT2D eigenvalue weighted by Gasteiger charge is -2.08. The Bertz CT molecular complexity index is 1060. The Morgan fingerprint density at radius 2 is 1.73 bits per heavy atom. The molecule has 4 N–H and O–H groups in total. The fourth-order valence-electron chi connectivity index (χ4n) is 2.90. The van der Waals surface area contributed by atoms with E-state index in [9.17, 15) is 0 Å². The zero-order chi connectivity index (χ0) is 17.9. The van der Waals surface area contributed by atoms with Gasteiger partial charge in [-0.2, -0.15) is 0 Å². The fourth-order valence-corrected chi connectivity index (χ4v) is 3.44. The van der Waals surface area contributed by atoms with Gasteiger partial charge in [0.25, 0.3) is 0 Å². The molecule has 0 bridgehead atoms. The van der Waals surface area contributed by atoms with E-state index in [1.54, 1.807) is 0 Å². The van der Waals surface area contributed by atoms with Crippen LogP contribution in [-0.2, 0) is 0 Å². The third-order valence-electron chi connectivity index (χ3n) is 4.10. The highest BCUT2D eigenvalue weighted by Gasteiger charge is 2.09. The molecule has 1 heterocycles. The number of hydrogen-bond acceptors (Lipinski definition) is 5. The summed E-state index contributed by atoms with van der Waals surface area (Å²) in [6.07, 6.45) is 0. The predicted octanol–water partition coefficient (Wildman–Crippen LogP) is 3.96. The molecule has 0 fully saturated rings. The molecule has 4 rings (SSSR count). The van der Waals surface area contributed by atoms with Crippen LogP contribution in [0.25, 0.3) is 33.3 Å². The van der Waals surface area contributed by atoms with E-state index in [0.29, 0.717) is 22.4 Å². The Kier molecular flexibility index (Phi) is 4.60. The van der Waals surface area contributed by atoms with Crippen molar-refractivity contribution in [2.75, 3.05) is 18.1 Å². The van der Waals surface area contributed by atoms with Gasteiger partial charge in [0, 0.05) is 17.0 Å². The number of benzene rings is 3. The summed E-state index contributed by atoms with van der Waals surface area (Å²) in [6.45, 7) is 0.0962. The molecule has 0 radical (unpaired) electrons. The van der Waals surface area contributed by atoms with Crippen molar-refractivity contribution in [3.8, 4) is 22.5 Å². The number of aliphatic hydroxyl groups is 1. The van der Waals surface area contributed by atoms with E-state index in [0.717, 1.165) is 16.7 Å². The molecule has 26 heavy (non-hydrogen) atoms. The molecule has 4 aromatic rings. The van der Waals surface area contributed by atoms with Crippen LogP contribution < -0.4 is 5.73 Å². The first-order chi connectivity index (χ1) is 12.7. The molecule has 3 aromatic carbocycles. The second-order valence-corrected chi connectivity index (χ2v) is 7.01. The van der Waals surface area contributed by atoms with Crippen LogP contribution in [0.1, 0.15) is 0 Å². The number of thioether (sulfide) groups is 1. The summed E-state index contributed by atoms with van der Waals surface area (Å²) in [4.78, 5) is 4.47. The van der Waals surface area contributed by atoms with Gasteiger partial charge in [0.15, 0.2) is 5.82 Å². The fraction of sp³-hybridized carbons (Fsp3) is 0.100. The molecule has 0 spiro atoms. The largest absolute Gasteiger partial charge is 0.399 e. The topological polar surface area (TPSA) is 87.8 Å². The molecule has 0 unspecified atom stereocenters. The predicted molar refractivity (Wildman–Crippen MR) is 107 cm³/mol. The number of nitrogens with zero attached hydrogens (tertiary/aromatic N) is 2. The first kappa shape index (κ1) is 16.6. The van der Waals surface area contributed by atoms with Gasteiger partial charge in [0.2, 0.25) is 5.16 Å². The van der Waals surface area contributed by atoms with E-state index in [1.165, 1.54) is 22.5 Å². The van der Waals surface area contributed by atoms with Crippen LogP contribution in [0.15, 0.2) is 65.8 Å². The second-order valence-electron chi connectivity index (χ2n) is 5.94. The molecule has 0 saturated heterocycles. The van der Waals surface area contributed by atoms with Crippen molar-refractivity contribution in [1.82, 2.24) is 15.2 Å². The van der Waals surface area contributed by atoms with E-state index >= 15 is 0 Å². The quantitative estimate of drug-likeness (QED) is 0.369. The van der Waals surface area contributed by atoms with Crippen molar-refractivity contribution in [3.05, 3.63) is 60.7 Å². The highest BCUT2D eigenvalue weighted by Crippen LogP contribution is 2.30. The summed E-state index contributed by atoms with van der Waals surface area (Å²) in [5.74, 6) is 1.23. The number of nitrogens with one attached hydrogen (secondary N) is 1. The normalized spacial score (nSPS) is 11.1. The molecule has 0 aliphatic rings. The highest BCUT2D eigenvalue weighted by atomic mass is 32.2. The van der Waals surface area contributed by atoms with Crippen LogP contribution in [0.3, 0.4) is 0 Å². The van der Waals surface area contributed by atoms with Gasteiger partial charge in [-0.3, -0.25) is 5.10 Å². The van der Waals surface area contributed by atoms with E-state index in [4.69, 9.17) is 10.8 Å². The zero-order valence-electron chi connectivity index (χ0n) is 14.0. The molecule has 1 aromatic heterocycles. The third kappa shape index (κ3) is 3.42. The van der Waals surface area contributed by atoms with Gasteiger partial charge in [-0.25, -0.2) is 4.98 Å². The van der Waals surface area contributed by atoms with Gasteiger partial charge in [-0.1, -0.05) is 48.2 Å². The SMILES string of the molecule is Nc1cc(-c2ccc3ccccc3c2)cc(-c2nc(SCCO)n[nH]2)c1. The Balaban J connectivity index is 1.72. The number of anilines is 1. The van der Waals surface area contributed by atoms with Gasteiger partial charge in [-0.05, 0) is 46.2 Å². The maximum absolute atomic E-state index is 8.92. The minimum absolute atomic E-state index is 0.0962. The van der Waals surface area contributed by atoms with Crippen molar-refractivity contribution >= 4 is 28.2 Å². The molecule has 0 atom stereocenters. The molecule has 0 aliphatic carbocycles. The van der Waals surface area contributed by atoms with Crippen molar-refractivity contribution in [2.24, 2.45) is 0 Å². The summed E-state index contributed by atoms with van der Waals surface area (Å²) in [5.41, 5.74) is 9.83. The summed E-state index contributed by atoms with van der Waals surface area (Å²) >= 11 is 1.41. The number of rotatable bonds is 5. The van der Waals surface area contributed by atoms with Crippen molar-refractivity contribution < 1.29 is 5.11 Å². The lowest BCUT2D eigenvalue weighted by molar-refractivity contribution is 0.322. The van der Waals surface area contributed by atoms with Gasteiger partial charge >= 0.3 is 0 Å². The van der Waals surface area contributed by atoms with Crippen LogP contribution in [0.2, 0.25) is 0 Å². The van der Waals surface area contributed by atoms with Gasteiger partial charge < -0.3 is 10.8 Å². The van der Waals surface area contributed by atoms with E-state index < -0.39 is 0 Å². The third-order valence-corrected chi connectivity index (χ3v) is 4.93. The number of aromatic amines is 1. The number of aromatic nitrogens is 3.